The quantitative estimate of drug-likeness (QED) is 0.780. The summed E-state index contributed by atoms with van der Waals surface area (Å²) in [5, 5.41) is 2.90. The first-order valence-electron chi connectivity index (χ1n) is 9.28. The molecule has 0 aliphatic carbocycles. The van der Waals surface area contributed by atoms with Gasteiger partial charge in [-0.05, 0) is 62.9 Å². The lowest BCUT2D eigenvalue weighted by Gasteiger charge is -2.30. The highest BCUT2D eigenvalue weighted by Gasteiger charge is 2.30. The van der Waals surface area contributed by atoms with Crippen LogP contribution in [0.25, 0.3) is 0 Å². The highest BCUT2D eigenvalue weighted by atomic mass is 16.5. The second-order valence-electron chi connectivity index (χ2n) is 7.16. The molecular weight excluding hydrogens is 316 g/mol. The van der Waals surface area contributed by atoms with E-state index in [1.54, 1.807) is 14.0 Å². The lowest BCUT2D eigenvalue weighted by molar-refractivity contribution is -0.136. The number of nitrogens with zero attached hydrogens (tertiary/aromatic N) is 1. The highest BCUT2D eigenvalue weighted by molar-refractivity contribution is 5.97. The number of amides is 1. The van der Waals surface area contributed by atoms with Crippen LogP contribution < -0.4 is 10.1 Å². The van der Waals surface area contributed by atoms with Crippen molar-refractivity contribution < 1.29 is 14.3 Å². The van der Waals surface area contributed by atoms with Gasteiger partial charge in [-0.15, -0.1) is 0 Å². The van der Waals surface area contributed by atoms with Crippen molar-refractivity contribution in [1.82, 2.24) is 4.90 Å². The fraction of sp³-hybridized carbons (Fsp3) is 0.650. The van der Waals surface area contributed by atoms with Gasteiger partial charge in [0, 0.05) is 25.9 Å². The van der Waals surface area contributed by atoms with Crippen molar-refractivity contribution >= 4 is 11.6 Å². The summed E-state index contributed by atoms with van der Waals surface area (Å²) in [4.78, 5) is 14.8. The van der Waals surface area contributed by atoms with E-state index in [1.807, 2.05) is 31.2 Å². The summed E-state index contributed by atoms with van der Waals surface area (Å²) >= 11 is 0. The molecule has 0 aromatic heterocycles. The first kappa shape index (κ1) is 19.7. The summed E-state index contributed by atoms with van der Waals surface area (Å²) in [6.07, 6.45) is 3.24. The topological polar surface area (TPSA) is 50.8 Å². The number of nitrogens with one attached hydrogen (secondary N) is 1. The third-order valence-corrected chi connectivity index (χ3v) is 5.14. The normalized spacial score (nSPS) is 20.7. The zero-order chi connectivity index (χ0) is 18.3. The molecule has 25 heavy (non-hydrogen) atoms. The molecule has 1 amide bonds. The van der Waals surface area contributed by atoms with Gasteiger partial charge in [-0.3, -0.25) is 9.69 Å². The molecule has 0 spiro atoms. The van der Waals surface area contributed by atoms with Crippen molar-refractivity contribution in [2.24, 2.45) is 5.92 Å². The van der Waals surface area contributed by atoms with Crippen LogP contribution in [0.15, 0.2) is 24.3 Å². The predicted octanol–water partition coefficient (Wildman–Crippen LogP) is 3.55. The van der Waals surface area contributed by atoms with E-state index in [1.165, 1.54) is 25.9 Å². The summed E-state index contributed by atoms with van der Waals surface area (Å²) in [5.41, 5.74) is -0.0558. The number of anilines is 1. The number of ether oxygens (including phenoxy) is 2. The summed E-state index contributed by atoms with van der Waals surface area (Å²) < 4.78 is 11.2. The standard InChI is InChI=1S/C20H32N2O3/c1-5-20(3,24-4)19(23)21-17-8-10-18(11-9-17)25-14-13-22-12-6-7-16(2)15-22/h8-11,16H,5-7,12-15H2,1-4H3,(H,21,23)/t16-,20+/m1/s1. The van der Waals surface area contributed by atoms with Crippen LogP contribution >= 0.6 is 0 Å². The van der Waals surface area contributed by atoms with E-state index in [4.69, 9.17) is 9.47 Å². The van der Waals surface area contributed by atoms with E-state index >= 15 is 0 Å². The van der Waals surface area contributed by atoms with E-state index in [0.717, 1.165) is 23.9 Å². The Balaban J connectivity index is 1.78. The average Bonchev–Trinajstić information content (AvgIpc) is 2.62. The molecule has 0 saturated carbocycles. The van der Waals surface area contributed by atoms with Crippen LogP contribution in [0.3, 0.4) is 0 Å². The zero-order valence-electron chi connectivity index (χ0n) is 16.0. The van der Waals surface area contributed by atoms with Crippen LogP contribution in [-0.2, 0) is 9.53 Å². The lowest BCUT2D eigenvalue weighted by Crippen LogP contribution is -2.41. The van der Waals surface area contributed by atoms with Crippen molar-refractivity contribution in [2.75, 3.05) is 38.7 Å². The Morgan fingerprint density at radius 3 is 2.68 bits per heavy atom. The minimum atomic E-state index is -0.805. The number of hydrogen-bond donors (Lipinski definition) is 1. The Kier molecular flexibility index (Phi) is 7.26. The van der Waals surface area contributed by atoms with Crippen LogP contribution in [0.2, 0.25) is 0 Å². The van der Waals surface area contributed by atoms with Gasteiger partial charge >= 0.3 is 0 Å². The largest absolute Gasteiger partial charge is 0.492 e. The third-order valence-electron chi connectivity index (χ3n) is 5.14. The Morgan fingerprint density at radius 1 is 1.36 bits per heavy atom. The predicted molar refractivity (Wildman–Crippen MR) is 101 cm³/mol. The van der Waals surface area contributed by atoms with E-state index in [9.17, 15) is 4.79 Å². The Hall–Kier alpha value is -1.59. The molecule has 1 heterocycles. The van der Waals surface area contributed by atoms with Crippen LogP contribution in [0.5, 0.6) is 5.75 Å². The second-order valence-corrected chi connectivity index (χ2v) is 7.16. The molecule has 5 nitrogen and oxygen atoms in total. The van der Waals surface area contributed by atoms with Crippen molar-refractivity contribution in [3.05, 3.63) is 24.3 Å². The molecule has 2 atom stereocenters. The number of carbonyl (C=O) groups is 1. The smallest absolute Gasteiger partial charge is 0.256 e. The van der Waals surface area contributed by atoms with Gasteiger partial charge in [0.2, 0.25) is 0 Å². The maximum absolute atomic E-state index is 12.3. The van der Waals surface area contributed by atoms with Gasteiger partial charge in [0.15, 0.2) is 0 Å². The third kappa shape index (κ3) is 5.72. The van der Waals surface area contributed by atoms with E-state index in [2.05, 4.69) is 17.1 Å². The first-order valence-corrected chi connectivity index (χ1v) is 9.28. The number of piperidine rings is 1. The van der Waals surface area contributed by atoms with Gasteiger partial charge in [-0.25, -0.2) is 0 Å². The molecule has 140 valence electrons. The maximum atomic E-state index is 12.3. The molecule has 1 aliphatic rings. The fourth-order valence-corrected chi connectivity index (χ4v) is 3.08. The van der Waals surface area contributed by atoms with Gasteiger partial charge in [0.05, 0.1) is 0 Å². The number of benzene rings is 1. The molecule has 1 aliphatic heterocycles. The molecule has 5 heteroatoms. The molecular formula is C20H32N2O3. The van der Waals surface area contributed by atoms with Crippen molar-refractivity contribution in [2.45, 2.75) is 45.6 Å². The summed E-state index contributed by atoms with van der Waals surface area (Å²) in [6.45, 7) is 10.0. The Bertz CT molecular complexity index is 540. The SMILES string of the molecule is CC[C@](C)(OC)C(=O)Nc1ccc(OCCN2CCC[C@@H](C)C2)cc1. The molecule has 1 aromatic carbocycles. The van der Waals surface area contributed by atoms with Crippen molar-refractivity contribution in [3.63, 3.8) is 0 Å². The molecule has 1 aromatic rings. The van der Waals surface area contributed by atoms with Gasteiger partial charge in [0.1, 0.15) is 18.0 Å². The number of rotatable bonds is 8. The summed E-state index contributed by atoms with van der Waals surface area (Å²) in [6, 6.07) is 7.51. The molecule has 0 radical (unpaired) electrons. The van der Waals surface area contributed by atoms with Crippen molar-refractivity contribution in [3.8, 4) is 5.75 Å². The maximum Gasteiger partial charge on any atom is 0.256 e. The number of hydrogen-bond acceptors (Lipinski definition) is 4. The number of methoxy groups -OCH3 is 1. The number of likely N-dealkylation sites (tertiary alicyclic amines) is 1. The molecule has 1 fully saturated rings. The van der Waals surface area contributed by atoms with Gasteiger partial charge < -0.3 is 14.8 Å². The summed E-state index contributed by atoms with van der Waals surface area (Å²) in [7, 11) is 1.56. The zero-order valence-corrected chi connectivity index (χ0v) is 16.0. The molecule has 2 rings (SSSR count). The van der Waals surface area contributed by atoms with Crippen LogP contribution in [0.4, 0.5) is 5.69 Å². The molecule has 0 bridgehead atoms. The van der Waals surface area contributed by atoms with Gasteiger partial charge in [-0.1, -0.05) is 13.8 Å². The minimum Gasteiger partial charge on any atom is -0.492 e. The molecule has 1 N–H and O–H groups in total. The van der Waals surface area contributed by atoms with Gasteiger partial charge in [0.25, 0.3) is 5.91 Å². The average molecular weight is 348 g/mol. The Morgan fingerprint density at radius 2 is 2.08 bits per heavy atom. The first-order chi connectivity index (χ1) is 12.0. The Labute approximate surface area is 151 Å². The van der Waals surface area contributed by atoms with Crippen LogP contribution in [0, 0.1) is 5.92 Å². The van der Waals surface area contributed by atoms with E-state index < -0.39 is 5.60 Å². The fourth-order valence-electron chi connectivity index (χ4n) is 3.08. The molecule has 0 unspecified atom stereocenters. The van der Waals surface area contributed by atoms with Crippen molar-refractivity contribution in [1.29, 1.82) is 0 Å². The summed E-state index contributed by atoms with van der Waals surface area (Å²) in [5.74, 6) is 1.48. The highest BCUT2D eigenvalue weighted by Crippen LogP contribution is 2.20. The van der Waals surface area contributed by atoms with E-state index in [0.29, 0.717) is 13.0 Å². The molecule has 1 saturated heterocycles. The number of carbonyl (C=O) groups excluding carboxylic acids is 1. The van der Waals surface area contributed by atoms with E-state index in [-0.39, 0.29) is 5.91 Å². The van der Waals surface area contributed by atoms with Gasteiger partial charge in [-0.2, -0.15) is 0 Å². The van der Waals surface area contributed by atoms with Crippen LogP contribution in [-0.4, -0.2) is 49.8 Å². The van der Waals surface area contributed by atoms with Crippen LogP contribution in [0.1, 0.15) is 40.0 Å². The lowest BCUT2D eigenvalue weighted by atomic mass is 10.0. The monoisotopic (exact) mass is 348 g/mol. The second kappa shape index (κ2) is 9.20. The minimum absolute atomic E-state index is 0.134.